The van der Waals surface area contributed by atoms with Crippen LogP contribution in [0.15, 0.2) is 22.1 Å². The second-order valence-corrected chi connectivity index (χ2v) is 4.50. The van der Waals surface area contributed by atoms with E-state index in [0.717, 1.165) is 19.8 Å². The minimum absolute atomic E-state index is 0.786. The topological polar surface area (TPSA) is 38.9 Å². The summed E-state index contributed by atoms with van der Waals surface area (Å²) in [5.74, 6) is 0. The molecule has 2 rings (SSSR count). The van der Waals surface area contributed by atoms with Gasteiger partial charge in [0, 0.05) is 5.69 Å². The lowest BCUT2D eigenvalue weighted by Gasteiger charge is -1.88. The highest BCUT2D eigenvalue weighted by Gasteiger charge is 1.99. The van der Waals surface area contributed by atoms with Crippen molar-refractivity contribution in [2.75, 3.05) is 5.73 Å². The summed E-state index contributed by atoms with van der Waals surface area (Å²) in [6.07, 6.45) is 0. The molecule has 0 aliphatic carbocycles. The molecule has 2 aromatic rings. The van der Waals surface area contributed by atoms with E-state index in [0.29, 0.717) is 0 Å². The van der Waals surface area contributed by atoms with Crippen molar-refractivity contribution in [2.45, 2.75) is 0 Å². The molecule has 0 spiro atoms. The first-order valence-corrected chi connectivity index (χ1v) is 4.68. The van der Waals surface area contributed by atoms with Crippen molar-refractivity contribution in [3.63, 3.8) is 0 Å². The summed E-state index contributed by atoms with van der Waals surface area (Å²) >= 11 is 4.91. The number of nitrogen functional groups attached to an aromatic ring is 1. The summed E-state index contributed by atoms with van der Waals surface area (Å²) in [5, 5.41) is 0. The lowest BCUT2D eigenvalue weighted by atomic mass is 10.3. The van der Waals surface area contributed by atoms with Crippen molar-refractivity contribution in [1.82, 2.24) is 4.98 Å². The number of thiazole rings is 1. The number of hydrogen-bond donors (Lipinski definition) is 1. The van der Waals surface area contributed by atoms with Crippen LogP contribution in [0, 0.1) is 0 Å². The van der Waals surface area contributed by atoms with Gasteiger partial charge in [0.25, 0.3) is 0 Å². The summed E-state index contributed by atoms with van der Waals surface area (Å²) in [4.78, 5) is 4.23. The molecule has 2 N–H and O–H groups in total. The van der Waals surface area contributed by atoms with Crippen LogP contribution in [0.3, 0.4) is 0 Å². The van der Waals surface area contributed by atoms with Gasteiger partial charge in [-0.15, -0.1) is 11.3 Å². The maximum atomic E-state index is 5.60. The summed E-state index contributed by atoms with van der Waals surface area (Å²) in [6, 6.07) is 5.71. The van der Waals surface area contributed by atoms with E-state index in [1.54, 1.807) is 11.3 Å². The molecule has 0 radical (unpaired) electrons. The molecule has 1 aromatic carbocycles. The van der Waals surface area contributed by atoms with Crippen molar-refractivity contribution in [3.05, 3.63) is 22.1 Å². The molecular formula is C7H5BrN2S. The fourth-order valence-electron chi connectivity index (χ4n) is 0.913. The minimum Gasteiger partial charge on any atom is -0.399 e. The molecule has 0 amide bonds. The van der Waals surface area contributed by atoms with Gasteiger partial charge >= 0.3 is 0 Å². The van der Waals surface area contributed by atoms with Gasteiger partial charge in [-0.2, -0.15) is 0 Å². The number of aromatic nitrogens is 1. The van der Waals surface area contributed by atoms with Gasteiger partial charge in [0.1, 0.15) is 0 Å². The summed E-state index contributed by atoms with van der Waals surface area (Å²) in [5.41, 5.74) is 7.38. The first kappa shape index (κ1) is 7.06. The van der Waals surface area contributed by atoms with E-state index in [4.69, 9.17) is 5.73 Å². The molecule has 0 aliphatic heterocycles. The second kappa shape index (κ2) is 2.46. The highest BCUT2D eigenvalue weighted by molar-refractivity contribution is 9.11. The van der Waals surface area contributed by atoms with Crippen molar-refractivity contribution >= 4 is 43.2 Å². The average Bonchev–Trinajstić information content (AvgIpc) is 2.27. The van der Waals surface area contributed by atoms with Gasteiger partial charge in [0.2, 0.25) is 0 Å². The first-order valence-electron chi connectivity index (χ1n) is 3.07. The predicted octanol–water partition coefficient (Wildman–Crippen LogP) is 2.64. The predicted molar refractivity (Wildman–Crippen MR) is 51.7 cm³/mol. The molecule has 0 aliphatic rings. The van der Waals surface area contributed by atoms with E-state index >= 15 is 0 Å². The highest BCUT2D eigenvalue weighted by atomic mass is 79.9. The lowest BCUT2D eigenvalue weighted by Crippen LogP contribution is -1.81. The van der Waals surface area contributed by atoms with Crippen LogP contribution in [0.2, 0.25) is 0 Å². The van der Waals surface area contributed by atoms with Crippen LogP contribution in [0.25, 0.3) is 10.2 Å². The van der Waals surface area contributed by atoms with Gasteiger partial charge in [-0.3, -0.25) is 0 Å². The van der Waals surface area contributed by atoms with E-state index in [-0.39, 0.29) is 0 Å². The molecule has 0 saturated carbocycles. The van der Waals surface area contributed by atoms with E-state index in [1.807, 2.05) is 18.2 Å². The number of halogens is 1. The molecular weight excluding hydrogens is 224 g/mol. The molecule has 0 fully saturated rings. The maximum absolute atomic E-state index is 5.60. The van der Waals surface area contributed by atoms with Crippen molar-refractivity contribution in [1.29, 1.82) is 0 Å². The summed E-state index contributed by atoms with van der Waals surface area (Å²) < 4.78 is 2.02. The zero-order valence-electron chi connectivity index (χ0n) is 5.54. The van der Waals surface area contributed by atoms with Crippen LogP contribution in [0.1, 0.15) is 0 Å². The van der Waals surface area contributed by atoms with Crippen molar-refractivity contribution < 1.29 is 0 Å². The Bertz CT molecular complexity index is 396. The van der Waals surface area contributed by atoms with Gasteiger partial charge in [-0.25, -0.2) is 4.98 Å². The Labute approximate surface area is 76.2 Å². The van der Waals surface area contributed by atoms with Crippen molar-refractivity contribution in [2.24, 2.45) is 0 Å². The Morgan fingerprint density at radius 3 is 3.09 bits per heavy atom. The third-order valence-corrected chi connectivity index (χ3v) is 2.86. The zero-order chi connectivity index (χ0) is 7.84. The Morgan fingerprint density at radius 2 is 2.27 bits per heavy atom. The van der Waals surface area contributed by atoms with E-state index in [1.165, 1.54) is 0 Å². The van der Waals surface area contributed by atoms with E-state index in [2.05, 4.69) is 20.9 Å². The normalized spacial score (nSPS) is 10.6. The van der Waals surface area contributed by atoms with Crippen LogP contribution in [-0.4, -0.2) is 4.98 Å². The van der Waals surface area contributed by atoms with Gasteiger partial charge in [0.05, 0.1) is 10.2 Å². The smallest absolute Gasteiger partial charge is 0.160 e. The lowest BCUT2D eigenvalue weighted by molar-refractivity contribution is 1.45. The largest absolute Gasteiger partial charge is 0.399 e. The molecule has 4 heteroatoms. The third kappa shape index (κ3) is 1.23. The third-order valence-electron chi connectivity index (χ3n) is 1.39. The molecule has 0 atom stereocenters. The van der Waals surface area contributed by atoms with Crippen LogP contribution in [-0.2, 0) is 0 Å². The first-order chi connectivity index (χ1) is 5.25. The molecule has 56 valence electrons. The van der Waals surface area contributed by atoms with E-state index < -0.39 is 0 Å². The Morgan fingerprint density at radius 1 is 1.45 bits per heavy atom. The van der Waals surface area contributed by atoms with Gasteiger partial charge in [0.15, 0.2) is 3.92 Å². The molecule has 0 bridgehead atoms. The second-order valence-electron chi connectivity index (χ2n) is 2.19. The molecule has 1 heterocycles. The Balaban J connectivity index is 2.82. The molecule has 2 nitrogen and oxygen atoms in total. The number of nitrogens with two attached hydrogens (primary N) is 1. The highest BCUT2D eigenvalue weighted by Crippen LogP contribution is 2.27. The van der Waals surface area contributed by atoms with Gasteiger partial charge in [-0.1, -0.05) is 0 Å². The number of anilines is 1. The van der Waals surface area contributed by atoms with Crippen molar-refractivity contribution in [3.8, 4) is 0 Å². The van der Waals surface area contributed by atoms with Crippen LogP contribution in [0.4, 0.5) is 5.69 Å². The quantitative estimate of drug-likeness (QED) is 0.705. The fraction of sp³-hybridized carbons (Fsp3) is 0. The molecule has 11 heavy (non-hydrogen) atoms. The van der Waals surface area contributed by atoms with Gasteiger partial charge in [-0.05, 0) is 34.1 Å². The maximum Gasteiger partial charge on any atom is 0.160 e. The number of benzene rings is 1. The number of rotatable bonds is 0. The monoisotopic (exact) mass is 228 g/mol. The SMILES string of the molecule is Nc1ccc2nc(Br)sc2c1. The minimum atomic E-state index is 0.786. The van der Waals surface area contributed by atoms with Crippen LogP contribution < -0.4 is 5.73 Å². The average molecular weight is 229 g/mol. The fourth-order valence-corrected chi connectivity index (χ4v) is 2.37. The molecule has 0 unspecified atom stereocenters. The van der Waals surface area contributed by atoms with E-state index in [9.17, 15) is 0 Å². The number of fused-ring (bicyclic) bond motifs is 1. The molecule has 0 saturated heterocycles. The van der Waals surface area contributed by atoms with Crippen LogP contribution >= 0.6 is 27.3 Å². The number of nitrogens with zero attached hydrogens (tertiary/aromatic N) is 1. The summed E-state index contributed by atoms with van der Waals surface area (Å²) in [7, 11) is 0. The van der Waals surface area contributed by atoms with Crippen LogP contribution in [0.5, 0.6) is 0 Å². The van der Waals surface area contributed by atoms with Gasteiger partial charge < -0.3 is 5.73 Å². The number of hydrogen-bond acceptors (Lipinski definition) is 3. The zero-order valence-corrected chi connectivity index (χ0v) is 7.95. The standard InChI is InChI=1S/C7H5BrN2S/c8-7-10-5-2-1-4(9)3-6(5)11-7/h1-3H,9H2. The molecule has 1 aromatic heterocycles. The Kier molecular flexibility index (Phi) is 1.58. The summed E-state index contributed by atoms with van der Waals surface area (Å²) in [6.45, 7) is 0. The Hall–Kier alpha value is -0.610.